The Balaban J connectivity index is 1.57. The summed E-state index contributed by atoms with van der Waals surface area (Å²) >= 11 is 6.04. The molecule has 0 amide bonds. The molecule has 0 aliphatic carbocycles. The molecule has 0 radical (unpaired) electrons. The van der Waals surface area contributed by atoms with Crippen molar-refractivity contribution in [3.8, 4) is 23.0 Å². The Morgan fingerprint density at radius 1 is 1.06 bits per heavy atom. The molecule has 0 bridgehead atoms. The van der Waals surface area contributed by atoms with Gasteiger partial charge in [0.25, 0.3) is 0 Å². The minimum Gasteiger partial charge on any atom is -0.493 e. The van der Waals surface area contributed by atoms with Crippen molar-refractivity contribution in [3.05, 3.63) is 87.9 Å². The van der Waals surface area contributed by atoms with Crippen LogP contribution >= 0.6 is 11.6 Å². The molecule has 0 fully saturated rings. The minimum absolute atomic E-state index is 0.0536. The molecule has 0 aromatic heterocycles. The van der Waals surface area contributed by atoms with Gasteiger partial charge in [0, 0.05) is 17.2 Å². The van der Waals surface area contributed by atoms with Gasteiger partial charge in [-0.25, -0.2) is 4.39 Å². The van der Waals surface area contributed by atoms with Crippen molar-refractivity contribution in [1.82, 2.24) is 0 Å². The molecule has 0 atom stereocenters. The number of fused-ring (bicyclic) bond motifs is 1. The zero-order valence-corrected chi connectivity index (χ0v) is 17.5. The first kappa shape index (κ1) is 20.8. The summed E-state index contributed by atoms with van der Waals surface area (Å²) in [5.74, 6) is 1.26. The van der Waals surface area contributed by atoms with Crippen molar-refractivity contribution in [3.63, 3.8) is 0 Å². The van der Waals surface area contributed by atoms with E-state index in [-0.39, 0.29) is 28.7 Å². The molecule has 0 unspecified atom stereocenters. The second-order valence-corrected chi connectivity index (χ2v) is 7.08. The van der Waals surface area contributed by atoms with E-state index in [1.54, 1.807) is 48.5 Å². The molecule has 5 nitrogen and oxygen atoms in total. The van der Waals surface area contributed by atoms with Gasteiger partial charge in [-0.1, -0.05) is 29.8 Å². The van der Waals surface area contributed by atoms with Crippen LogP contribution in [0.2, 0.25) is 5.02 Å². The monoisotopic (exact) mass is 440 g/mol. The number of hydrogen-bond donors (Lipinski definition) is 0. The Morgan fingerprint density at radius 3 is 2.61 bits per heavy atom. The van der Waals surface area contributed by atoms with Crippen molar-refractivity contribution in [2.45, 2.75) is 6.61 Å². The second-order valence-electron chi connectivity index (χ2n) is 6.67. The average molecular weight is 441 g/mol. The lowest BCUT2D eigenvalue weighted by Gasteiger charge is -2.10. The fourth-order valence-electron chi connectivity index (χ4n) is 3.25. The maximum absolute atomic E-state index is 13.9. The average Bonchev–Trinajstić information content (AvgIpc) is 3.07. The Hall–Kier alpha value is -3.51. The predicted molar refractivity (Wildman–Crippen MR) is 115 cm³/mol. The molecule has 0 N–H and O–H groups in total. The van der Waals surface area contributed by atoms with Crippen LogP contribution in [0.5, 0.6) is 23.0 Å². The molecule has 3 aromatic carbocycles. The van der Waals surface area contributed by atoms with E-state index < -0.39 is 5.82 Å². The fraction of sp³-hybridized carbons (Fsp3) is 0.125. The summed E-state index contributed by atoms with van der Waals surface area (Å²) in [6, 6.07) is 14.6. The normalized spacial score (nSPS) is 13.7. The molecule has 0 saturated carbocycles. The molecule has 3 aromatic rings. The minimum atomic E-state index is -0.447. The van der Waals surface area contributed by atoms with Crippen LogP contribution in [-0.4, -0.2) is 20.0 Å². The highest BCUT2D eigenvalue weighted by atomic mass is 35.5. The number of ketones is 1. The zero-order chi connectivity index (χ0) is 22.0. The van der Waals surface area contributed by atoms with E-state index in [0.717, 1.165) is 0 Å². The van der Waals surface area contributed by atoms with Crippen LogP contribution in [0.25, 0.3) is 6.08 Å². The fourth-order valence-corrected chi connectivity index (χ4v) is 3.47. The number of methoxy groups -OCH3 is 2. The van der Waals surface area contributed by atoms with Gasteiger partial charge >= 0.3 is 0 Å². The lowest BCUT2D eigenvalue weighted by Crippen LogP contribution is -2.00. The van der Waals surface area contributed by atoms with Crippen molar-refractivity contribution >= 4 is 23.5 Å². The number of carbonyl (C=O) groups is 1. The zero-order valence-electron chi connectivity index (χ0n) is 16.8. The summed E-state index contributed by atoms with van der Waals surface area (Å²) in [4.78, 5) is 12.8. The van der Waals surface area contributed by atoms with Crippen LogP contribution in [0.15, 0.2) is 60.4 Å². The third-order valence-electron chi connectivity index (χ3n) is 4.81. The van der Waals surface area contributed by atoms with Crippen molar-refractivity contribution in [1.29, 1.82) is 0 Å². The molecule has 7 heteroatoms. The summed E-state index contributed by atoms with van der Waals surface area (Å²) in [5.41, 5.74) is 1.31. The maximum atomic E-state index is 13.9. The molecule has 4 rings (SSSR count). The second kappa shape index (κ2) is 8.70. The van der Waals surface area contributed by atoms with Crippen LogP contribution in [0.1, 0.15) is 21.5 Å². The number of carbonyl (C=O) groups excluding carboxylic acids is 1. The quantitative estimate of drug-likeness (QED) is 0.461. The number of ether oxygens (including phenoxy) is 4. The molecule has 1 heterocycles. The van der Waals surface area contributed by atoms with Crippen molar-refractivity contribution in [2.75, 3.05) is 14.2 Å². The van der Waals surface area contributed by atoms with Crippen LogP contribution in [-0.2, 0) is 6.61 Å². The molecule has 1 aliphatic heterocycles. The highest BCUT2D eigenvalue weighted by Gasteiger charge is 2.28. The first-order valence-corrected chi connectivity index (χ1v) is 9.74. The highest BCUT2D eigenvalue weighted by Crippen LogP contribution is 2.38. The van der Waals surface area contributed by atoms with Crippen molar-refractivity contribution in [2.24, 2.45) is 0 Å². The number of halogens is 2. The van der Waals surface area contributed by atoms with Gasteiger partial charge in [-0.15, -0.1) is 0 Å². The lowest BCUT2D eigenvalue weighted by molar-refractivity contribution is 0.101. The third kappa shape index (κ3) is 4.07. The van der Waals surface area contributed by atoms with E-state index in [0.29, 0.717) is 34.1 Å². The summed E-state index contributed by atoms with van der Waals surface area (Å²) in [6.07, 6.45) is 1.60. The van der Waals surface area contributed by atoms with Crippen LogP contribution < -0.4 is 18.9 Å². The Morgan fingerprint density at radius 2 is 1.87 bits per heavy atom. The molecule has 0 saturated heterocycles. The number of Topliss-reactive ketones (excluding diaryl/α,β-unsaturated/α-hetero) is 1. The number of allylic oxidation sites excluding steroid dienone is 1. The van der Waals surface area contributed by atoms with Gasteiger partial charge in [0.05, 0.1) is 24.8 Å². The van der Waals surface area contributed by atoms with Crippen molar-refractivity contribution < 1.29 is 28.1 Å². The molecular formula is C24H18ClFO5. The van der Waals surface area contributed by atoms with Gasteiger partial charge in [-0.05, 0) is 36.4 Å². The number of hydrogen-bond acceptors (Lipinski definition) is 5. The SMILES string of the molecule is COc1cccc(C=C2Oc3cc(OCc4c(F)cccc4Cl)ccc3C2=O)c1OC. The molecule has 31 heavy (non-hydrogen) atoms. The maximum Gasteiger partial charge on any atom is 0.231 e. The Kier molecular flexibility index (Phi) is 5.82. The molecule has 1 aliphatic rings. The molecule has 0 spiro atoms. The van der Waals surface area contributed by atoms with Gasteiger partial charge in [0.2, 0.25) is 5.78 Å². The molecule has 158 valence electrons. The standard InChI is InChI=1S/C24H18ClFO5/c1-28-20-8-3-5-14(24(20)29-2)11-22-23(27)16-10-9-15(12-21(16)31-22)30-13-17-18(25)6-4-7-19(17)26/h3-12H,13H2,1-2H3. The van der Waals surface area contributed by atoms with E-state index in [1.807, 2.05) is 0 Å². The van der Waals surface area contributed by atoms with Gasteiger partial charge in [-0.2, -0.15) is 0 Å². The van der Waals surface area contributed by atoms with Gasteiger partial charge in [-0.3, -0.25) is 4.79 Å². The van der Waals surface area contributed by atoms with Gasteiger partial charge in [0.15, 0.2) is 17.3 Å². The first-order chi connectivity index (χ1) is 15.0. The summed E-state index contributed by atoms with van der Waals surface area (Å²) < 4.78 is 36.1. The van der Waals surface area contributed by atoms with E-state index in [2.05, 4.69) is 0 Å². The number of para-hydroxylation sites is 1. The largest absolute Gasteiger partial charge is 0.493 e. The summed E-state index contributed by atoms with van der Waals surface area (Å²) in [7, 11) is 3.06. The van der Waals surface area contributed by atoms with E-state index in [4.69, 9.17) is 30.5 Å². The summed E-state index contributed by atoms with van der Waals surface area (Å²) in [5, 5.41) is 0.282. The van der Waals surface area contributed by atoms with Crippen LogP contribution in [0, 0.1) is 5.82 Å². The van der Waals surface area contributed by atoms with E-state index in [1.165, 1.54) is 26.4 Å². The Bertz CT molecular complexity index is 1170. The van der Waals surface area contributed by atoms with Crippen LogP contribution in [0.3, 0.4) is 0 Å². The van der Waals surface area contributed by atoms with E-state index in [9.17, 15) is 9.18 Å². The first-order valence-electron chi connectivity index (χ1n) is 9.36. The predicted octanol–water partition coefficient (Wildman–Crippen LogP) is 5.69. The smallest absolute Gasteiger partial charge is 0.231 e. The number of benzene rings is 3. The van der Waals surface area contributed by atoms with E-state index >= 15 is 0 Å². The van der Waals surface area contributed by atoms with Gasteiger partial charge < -0.3 is 18.9 Å². The summed E-state index contributed by atoms with van der Waals surface area (Å²) in [6.45, 7) is -0.0536. The topological polar surface area (TPSA) is 54.0 Å². The Labute approximate surface area is 183 Å². The van der Waals surface area contributed by atoms with Crippen LogP contribution in [0.4, 0.5) is 4.39 Å². The number of rotatable bonds is 6. The third-order valence-corrected chi connectivity index (χ3v) is 5.16. The molecular weight excluding hydrogens is 423 g/mol. The van der Waals surface area contributed by atoms with Gasteiger partial charge in [0.1, 0.15) is 23.9 Å². The highest BCUT2D eigenvalue weighted by molar-refractivity contribution is 6.31. The lowest BCUT2D eigenvalue weighted by atomic mass is 10.1.